The Morgan fingerprint density at radius 3 is 2.53 bits per heavy atom. The number of hydrogen-bond acceptors (Lipinski definition) is 4. The maximum atomic E-state index is 13.0. The summed E-state index contributed by atoms with van der Waals surface area (Å²) >= 11 is 6.59. The number of carbonyl (C=O) groups is 2. The lowest BCUT2D eigenvalue weighted by atomic mass is 9.64. The van der Waals surface area contributed by atoms with Crippen molar-refractivity contribution in [2.75, 3.05) is 12.0 Å². The van der Waals surface area contributed by atoms with Gasteiger partial charge < -0.3 is 15.0 Å². The van der Waals surface area contributed by atoms with Crippen LogP contribution >= 0.6 is 11.6 Å². The van der Waals surface area contributed by atoms with Crippen LogP contribution in [-0.4, -0.2) is 42.6 Å². The molecule has 4 atom stereocenters. The summed E-state index contributed by atoms with van der Waals surface area (Å²) in [6, 6.07) is 16.0. The molecule has 2 aromatic carbocycles. The zero-order valence-electron chi connectivity index (χ0n) is 18.6. The first kappa shape index (κ1) is 24.4. The molecule has 1 aliphatic carbocycles. The maximum Gasteiger partial charge on any atom is 0.471 e. The molecule has 0 spiro atoms. The Labute approximate surface area is 201 Å². The molecule has 1 aliphatic heterocycles. The van der Waals surface area contributed by atoms with Crippen molar-refractivity contribution in [1.29, 1.82) is 0 Å². The van der Waals surface area contributed by atoms with Gasteiger partial charge in [-0.1, -0.05) is 48.5 Å². The Bertz CT molecular complexity index is 1050. The van der Waals surface area contributed by atoms with E-state index in [9.17, 15) is 22.8 Å². The number of fused-ring (bicyclic) bond motifs is 3. The van der Waals surface area contributed by atoms with Gasteiger partial charge in [0, 0.05) is 29.1 Å². The average Bonchev–Trinajstić information content (AvgIpc) is 3.07. The van der Waals surface area contributed by atoms with Crippen LogP contribution in [0.5, 0.6) is 0 Å². The normalized spacial score (nSPS) is 24.7. The van der Waals surface area contributed by atoms with E-state index in [0.717, 1.165) is 23.9 Å². The molecule has 2 aromatic rings. The largest absolute Gasteiger partial charge is 0.471 e. The van der Waals surface area contributed by atoms with E-state index in [1.165, 1.54) is 0 Å². The van der Waals surface area contributed by atoms with E-state index in [4.69, 9.17) is 16.3 Å². The minimum Gasteiger partial charge on any atom is -0.467 e. The quantitative estimate of drug-likeness (QED) is 0.466. The van der Waals surface area contributed by atoms with Crippen molar-refractivity contribution in [1.82, 2.24) is 5.32 Å². The van der Waals surface area contributed by atoms with Crippen LogP contribution in [0.15, 0.2) is 54.6 Å². The first-order valence-electron chi connectivity index (χ1n) is 11.2. The lowest BCUT2D eigenvalue weighted by Crippen LogP contribution is -2.55. The van der Waals surface area contributed by atoms with Gasteiger partial charge in [0.15, 0.2) is 0 Å². The van der Waals surface area contributed by atoms with Crippen LogP contribution in [-0.2, 0) is 26.3 Å². The summed E-state index contributed by atoms with van der Waals surface area (Å²) < 4.78 is 43.9. The number of hydrogen-bond donors (Lipinski definition) is 1. The van der Waals surface area contributed by atoms with Crippen molar-refractivity contribution in [3.63, 3.8) is 0 Å². The van der Waals surface area contributed by atoms with Crippen molar-refractivity contribution >= 4 is 29.2 Å². The van der Waals surface area contributed by atoms with E-state index < -0.39 is 29.5 Å². The van der Waals surface area contributed by atoms with Crippen molar-refractivity contribution in [2.24, 2.45) is 0 Å². The number of benzene rings is 2. The molecule has 2 aliphatic rings. The predicted octanol–water partition coefficient (Wildman–Crippen LogP) is 4.71. The highest BCUT2D eigenvalue weighted by atomic mass is 35.5. The standard InChI is InChI=1S/C25H26ClF3N2O3/c1-34-22(32)19(30-23(33)25(27,28)29)14-24-12-11-17(26)13-21(24)31(15-16-7-3-2-4-8-16)20-10-6-5-9-18(20)24/h2-10,17,19,21H,11-15H2,1H3,(H,30,33)/t17-,19?,21+,24-/m0/s1. The average molecular weight is 495 g/mol. The van der Waals surface area contributed by atoms with Gasteiger partial charge in [-0.05, 0) is 42.9 Å². The number of nitrogens with zero attached hydrogens (tertiary/aromatic N) is 1. The number of carbonyl (C=O) groups excluding carboxylic acids is 2. The molecule has 1 fully saturated rings. The Kier molecular flexibility index (Phi) is 6.80. The molecule has 1 saturated carbocycles. The van der Waals surface area contributed by atoms with Crippen LogP contribution in [0.3, 0.4) is 0 Å². The zero-order valence-corrected chi connectivity index (χ0v) is 19.4. The van der Waals surface area contributed by atoms with Crippen LogP contribution in [0.2, 0.25) is 0 Å². The zero-order chi connectivity index (χ0) is 24.5. The smallest absolute Gasteiger partial charge is 0.467 e. The Hall–Kier alpha value is -2.74. The number of methoxy groups -OCH3 is 1. The summed E-state index contributed by atoms with van der Waals surface area (Å²) in [5.41, 5.74) is 2.33. The highest BCUT2D eigenvalue weighted by Gasteiger charge is 2.55. The summed E-state index contributed by atoms with van der Waals surface area (Å²) in [4.78, 5) is 26.5. The lowest BCUT2D eigenvalue weighted by molar-refractivity contribution is -0.176. The number of halogens is 4. The third kappa shape index (κ3) is 4.60. The maximum absolute atomic E-state index is 13.0. The summed E-state index contributed by atoms with van der Waals surface area (Å²) in [6.45, 7) is 0.589. The molecule has 1 heterocycles. The Morgan fingerprint density at radius 1 is 1.18 bits per heavy atom. The molecule has 9 heteroatoms. The number of alkyl halides is 4. The van der Waals surface area contributed by atoms with Gasteiger partial charge in [0.1, 0.15) is 6.04 Å². The van der Waals surface area contributed by atoms with Gasteiger partial charge >= 0.3 is 18.1 Å². The molecule has 1 unspecified atom stereocenters. The second-order valence-corrected chi connectivity index (χ2v) is 9.54. The van der Waals surface area contributed by atoms with Gasteiger partial charge in [0.25, 0.3) is 0 Å². The van der Waals surface area contributed by atoms with Crippen molar-refractivity contribution < 1.29 is 27.5 Å². The van der Waals surface area contributed by atoms with E-state index >= 15 is 0 Å². The van der Waals surface area contributed by atoms with Gasteiger partial charge in [0.05, 0.1) is 7.11 Å². The van der Waals surface area contributed by atoms with Crippen molar-refractivity contribution in [3.8, 4) is 0 Å². The fourth-order valence-electron chi connectivity index (χ4n) is 5.48. The SMILES string of the molecule is COC(=O)C(C[C@]12CC[C@H](Cl)C[C@H]1N(Cc1ccccc1)c1ccccc12)NC(=O)C(F)(F)F. The van der Waals surface area contributed by atoms with Gasteiger partial charge in [0.2, 0.25) is 0 Å². The van der Waals surface area contributed by atoms with Crippen LogP contribution in [0.25, 0.3) is 0 Å². The molecule has 182 valence electrons. The number of amides is 1. The minimum atomic E-state index is -5.11. The van der Waals surface area contributed by atoms with Crippen molar-refractivity contribution in [2.45, 2.75) is 61.3 Å². The van der Waals surface area contributed by atoms with E-state index in [0.29, 0.717) is 25.8 Å². The van der Waals surface area contributed by atoms with Crippen LogP contribution in [0, 0.1) is 0 Å². The fourth-order valence-corrected chi connectivity index (χ4v) is 5.76. The Balaban J connectivity index is 1.75. The second kappa shape index (κ2) is 9.49. The molecule has 1 amide bonds. The number of ether oxygens (including phenoxy) is 1. The molecule has 34 heavy (non-hydrogen) atoms. The monoisotopic (exact) mass is 494 g/mol. The van der Waals surface area contributed by atoms with E-state index in [1.54, 1.807) is 0 Å². The number of rotatable bonds is 6. The second-order valence-electron chi connectivity index (χ2n) is 8.93. The van der Waals surface area contributed by atoms with Crippen LogP contribution in [0.1, 0.15) is 36.8 Å². The highest BCUT2D eigenvalue weighted by Crippen LogP contribution is 2.55. The van der Waals surface area contributed by atoms with E-state index in [2.05, 4.69) is 4.90 Å². The fraction of sp³-hybridized carbons (Fsp3) is 0.440. The van der Waals surface area contributed by atoms with E-state index in [-0.39, 0.29) is 17.8 Å². The molecule has 0 bridgehead atoms. The molecule has 0 saturated heterocycles. The van der Waals surface area contributed by atoms with Crippen molar-refractivity contribution in [3.05, 3.63) is 65.7 Å². The van der Waals surface area contributed by atoms with Gasteiger partial charge in [-0.15, -0.1) is 11.6 Å². The predicted molar refractivity (Wildman–Crippen MR) is 123 cm³/mol. The Morgan fingerprint density at radius 2 is 1.85 bits per heavy atom. The number of para-hydroxylation sites is 1. The molecule has 1 N–H and O–H groups in total. The number of anilines is 1. The molecular weight excluding hydrogens is 469 g/mol. The summed E-state index contributed by atoms with van der Waals surface area (Å²) in [7, 11) is 1.10. The van der Waals surface area contributed by atoms with Crippen LogP contribution in [0.4, 0.5) is 18.9 Å². The summed E-state index contributed by atoms with van der Waals surface area (Å²) in [6.07, 6.45) is -3.30. The minimum absolute atomic E-state index is 0.0158. The number of nitrogens with one attached hydrogen (secondary N) is 1. The van der Waals surface area contributed by atoms with Gasteiger partial charge in [-0.3, -0.25) is 4.79 Å². The topological polar surface area (TPSA) is 58.6 Å². The molecule has 4 rings (SSSR count). The molecule has 0 radical (unpaired) electrons. The van der Waals surface area contributed by atoms with E-state index in [1.807, 2.05) is 59.9 Å². The molecular formula is C25H26ClF3N2O3. The lowest BCUT2D eigenvalue weighted by Gasteiger charge is -2.45. The van der Waals surface area contributed by atoms with Gasteiger partial charge in [-0.2, -0.15) is 13.2 Å². The third-order valence-electron chi connectivity index (χ3n) is 6.96. The third-order valence-corrected chi connectivity index (χ3v) is 7.36. The molecule has 0 aromatic heterocycles. The summed E-state index contributed by atoms with van der Waals surface area (Å²) in [5.74, 6) is -3.06. The van der Waals surface area contributed by atoms with Gasteiger partial charge in [-0.25, -0.2) is 4.79 Å². The number of esters is 1. The van der Waals surface area contributed by atoms with Crippen LogP contribution < -0.4 is 10.2 Å². The highest BCUT2D eigenvalue weighted by molar-refractivity contribution is 6.20. The first-order valence-corrected chi connectivity index (χ1v) is 11.6. The summed E-state index contributed by atoms with van der Waals surface area (Å²) in [5, 5.41) is 1.77. The molecule has 5 nitrogen and oxygen atoms in total. The first-order chi connectivity index (χ1) is 16.2.